The summed E-state index contributed by atoms with van der Waals surface area (Å²) in [6.45, 7) is 3.75. The van der Waals surface area contributed by atoms with Gasteiger partial charge in [0.15, 0.2) is 11.6 Å². The maximum Gasteiger partial charge on any atom is 0.239 e. The highest BCUT2D eigenvalue weighted by atomic mass is 19.2. The van der Waals surface area contributed by atoms with Gasteiger partial charge in [-0.15, -0.1) is 0 Å². The lowest BCUT2D eigenvalue weighted by Gasteiger charge is -2.20. The lowest BCUT2D eigenvalue weighted by Crippen LogP contribution is -2.39. The van der Waals surface area contributed by atoms with Crippen LogP contribution < -0.4 is 11.1 Å². The molecule has 0 fully saturated rings. The van der Waals surface area contributed by atoms with Crippen molar-refractivity contribution in [1.29, 1.82) is 0 Å². The maximum atomic E-state index is 13.5. The number of benzene rings is 1. The average Bonchev–Trinajstić information content (AvgIpc) is 2.29. The molecule has 2 atom stereocenters. The first kappa shape index (κ1) is 13.6. The fourth-order valence-electron chi connectivity index (χ4n) is 1.47. The predicted molar refractivity (Wildman–Crippen MR) is 61.2 cm³/mol. The number of primary amides is 1. The van der Waals surface area contributed by atoms with Gasteiger partial charge >= 0.3 is 0 Å². The Kier molecular flexibility index (Phi) is 4.57. The minimum Gasteiger partial charge on any atom is -0.368 e. The normalized spacial score (nSPS) is 14.4. The Hall–Kier alpha value is -1.49. The van der Waals surface area contributed by atoms with Gasteiger partial charge in [0.1, 0.15) is 6.04 Å². The van der Waals surface area contributed by atoms with E-state index in [1.807, 2.05) is 13.8 Å². The van der Waals surface area contributed by atoms with E-state index in [-0.39, 0.29) is 11.6 Å². The van der Waals surface area contributed by atoms with E-state index in [9.17, 15) is 13.6 Å². The van der Waals surface area contributed by atoms with Crippen LogP contribution in [-0.2, 0) is 4.79 Å². The number of hydrogen-bond acceptors (Lipinski definition) is 2. The van der Waals surface area contributed by atoms with E-state index in [4.69, 9.17) is 5.73 Å². The molecule has 0 saturated heterocycles. The average molecular weight is 242 g/mol. The maximum absolute atomic E-state index is 13.5. The topological polar surface area (TPSA) is 55.1 Å². The summed E-state index contributed by atoms with van der Waals surface area (Å²) in [5.74, 6) is -2.75. The molecule has 1 aromatic carbocycles. The Morgan fingerprint density at radius 2 is 2.12 bits per heavy atom. The standard InChI is InChI=1S/C12H16F2N2O/c1-3-7(2)16-11(12(15)17)8-5-4-6-9(13)10(8)14/h4-7,11,16H,3H2,1-2H3,(H2,15,17). The first-order valence-electron chi connectivity index (χ1n) is 5.46. The zero-order valence-corrected chi connectivity index (χ0v) is 9.84. The van der Waals surface area contributed by atoms with E-state index in [0.717, 1.165) is 12.5 Å². The van der Waals surface area contributed by atoms with Gasteiger partial charge in [0.25, 0.3) is 0 Å². The van der Waals surface area contributed by atoms with Crippen molar-refractivity contribution >= 4 is 5.91 Å². The molecule has 1 rings (SSSR count). The molecule has 0 spiro atoms. The van der Waals surface area contributed by atoms with Crippen molar-refractivity contribution in [3.63, 3.8) is 0 Å². The van der Waals surface area contributed by atoms with Crippen LogP contribution in [0.15, 0.2) is 18.2 Å². The quantitative estimate of drug-likeness (QED) is 0.828. The second-order valence-corrected chi connectivity index (χ2v) is 3.95. The van der Waals surface area contributed by atoms with Gasteiger partial charge < -0.3 is 5.73 Å². The Bertz CT molecular complexity index is 409. The Labute approximate surface area is 99.0 Å². The van der Waals surface area contributed by atoms with Crippen LogP contribution >= 0.6 is 0 Å². The number of rotatable bonds is 5. The number of carbonyl (C=O) groups excluding carboxylic acids is 1. The van der Waals surface area contributed by atoms with Gasteiger partial charge in [0.05, 0.1) is 0 Å². The Morgan fingerprint density at radius 3 is 2.65 bits per heavy atom. The van der Waals surface area contributed by atoms with Crippen molar-refractivity contribution in [2.24, 2.45) is 5.73 Å². The van der Waals surface area contributed by atoms with Crippen molar-refractivity contribution in [3.8, 4) is 0 Å². The molecule has 3 N–H and O–H groups in total. The van der Waals surface area contributed by atoms with Crippen LogP contribution in [0, 0.1) is 11.6 Å². The zero-order chi connectivity index (χ0) is 13.0. The molecule has 2 unspecified atom stereocenters. The predicted octanol–water partition coefficient (Wildman–Crippen LogP) is 1.88. The molecular formula is C12H16F2N2O. The summed E-state index contributed by atoms with van der Waals surface area (Å²) in [5, 5.41) is 2.87. The van der Waals surface area contributed by atoms with E-state index in [1.54, 1.807) is 0 Å². The zero-order valence-electron chi connectivity index (χ0n) is 9.84. The summed E-state index contributed by atoms with van der Waals surface area (Å²) in [7, 11) is 0. The molecule has 1 aromatic rings. The fraction of sp³-hybridized carbons (Fsp3) is 0.417. The number of nitrogens with two attached hydrogens (primary N) is 1. The monoisotopic (exact) mass is 242 g/mol. The minimum atomic E-state index is -1.04. The Morgan fingerprint density at radius 1 is 1.47 bits per heavy atom. The van der Waals surface area contributed by atoms with E-state index in [2.05, 4.69) is 5.32 Å². The summed E-state index contributed by atoms with van der Waals surface area (Å²) in [5.41, 5.74) is 5.14. The Balaban J connectivity index is 3.06. The van der Waals surface area contributed by atoms with Gasteiger partial charge in [-0.2, -0.15) is 0 Å². The summed E-state index contributed by atoms with van der Waals surface area (Å²) in [4.78, 5) is 11.3. The molecule has 0 heterocycles. The lowest BCUT2D eigenvalue weighted by molar-refractivity contribution is -0.120. The molecule has 0 bridgehead atoms. The third-order valence-corrected chi connectivity index (χ3v) is 2.64. The van der Waals surface area contributed by atoms with E-state index in [0.29, 0.717) is 0 Å². The van der Waals surface area contributed by atoms with Crippen LogP contribution in [0.1, 0.15) is 31.9 Å². The van der Waals surface area contributed by atoms with Crippen molar-refractivity contribution in [2.75, 3.05) is 0 Å². The third kappa shape index (κ3) is 3.23. The number of nitrogens with one attached hydrogen (secondary N) is 1. The molecule has 0 saturated carbocycles. The van der Waals surface area contributed by atoms with Crippen LogP contribution in [-0.4, -0.2) is 11.9 Å². The molecule has 0 radical (unpaired) electrons. The molecule has 94 valence electrons. The summed E-state index contributed by atoms with van der Waals surface area (Å²) >= 11 is 0. The molecule has 0 aliphatic heterocycles. The van der Waals surface area contributed by atoms with E-state index >= 15 is 0 Å². The van der Waals surface area contributed by atoms with Crippen LogP contribution in [0.3, 0.4) is 0 Å². The molecule has 17 heavy (non-hydrogen) atoms. The largest absolute Gasteiger partial charge is 0.368 e. The van der Waals surface area contributed by atoms with Crippen molar-refractivity contribution in [2.45, 2.75) is 32.4 Å². The highest BCUT2D eigenvalue weighted by Crippen LogP contribution is 2.20. The highest BCUT2D eigenvalue weighted by Gasteiger charge is 2.23. The van der Waals surface area contributed by atoms with Gasteiger partial charge in [-0.1, -0.05) is 19.1 Å². The number of carbonyl (C=O) groups is 1. The van der Waals surface area contributed by atoms with Crippen molar-refractivity contribution in [3.05, 3.63) is 35.4 Å². The van der Waals surface area contributed by atoms with Gasteiger partial charge in [0, 0.05) is 11.6 Å². The van der Waals surface area contributed by atoms with Crippen molar-refractivity contribution < 1.29 is 13.6 Å². The minimum absolute atomic E-state index is 0.0184. The summed E-state index contributed by atoms with van der Waals surface area (Å²) in [6, 6.07) is 2.67. The fourth-order valence-corrected chi connectivity index (χ4v) is 1.47. The van der Waals surface area contributed by atoms with Crippen LogP contribution in [0.5, 0.6) is 0 Å². The van der Waals surface area contributed by atoms with E-state index in [1.165, 1.54) is 12.1 Å². The van der Waals surface area contributed by atoms with E-state index < -0.39 is 23.6 Å². The molecule has 5 heteroatoms. The summed E-state index contributed by atoms with van der Waals surface area (Å²) < 4.78 is 26.6. The highest BCUT2D eigenvalue weighted by molar-refractivity contribution is 5.81. The SMILES string of the molecule is CCC(C)NC(C(N)=O)c1cccc(F)c1F. The van der Waals surface area contributed by atoms with Crippen LogP contribution in [0.25, 0.3) is 0 Å². The number of halogens is 2. The first-order chi connectivity index (χ1) is 7.97. The van der Waals surface area contributed by atoms with Crippen LogP contribution in [0.4, 0.5) is 8.78 Å². The molecule has 3 nitrogen and oxygen atoms in total. The lowest BCUT2D eigenvalue weighted by atomic mass is 10.0. The molecular weight excluding hydrogens is 226 g/mol. The molecule has 0 aliphatic carbocycles. The smallest absolute Gasteiger partial charge is 0.239 e. The number of hydrogen-bond donors (Lipinski definition) is 2. The van der Waals surface area contributed by atoms with Gasteiger partial charge in [-0.3, -0.25) is 10.1 Å². The van der Waals surface area contributed by atoms with Gasteiger partial charge in [0.2, 0.25) is 5.91 Å². The second-order valence-electron chi connectivity index (χ2n) is 3.95. The molecule has 0 aliphatic rings. The van der Waals surface area contributed by atoms with Crippen LogP contribution in [0.2, 0.25) is 0 Å². The van der Waals surface area contributed by atoms with Crippen molar-refractivity contribution in [1.82, 2.24) is 5.32 Å². The summed E-state index contributed by atoms with van der Waals surface area (Å²) in [6.07, 6.45) is 0.751. The molecule has 0 aromatic heterocycles. The van der Waals surface area contributed by atoms with Gasteiger partial charge in [-0.05, 0) is 19.4 Å². The third-order valence-electron chi connectivity index (χ3n) is 2.64. The van der Waals surface area contributed by atoms with Gasteiger partial charge in [-0.25, -0.2) is 8.78 Å². The number of amides is 1. The molecule has 1 amide bonds. The second kappa shape index (κ2) is 5.72. The first-order valence-corrected chi connectivity index (χ1v) is 5.46.